The number of thioether (sulfide) groups is 1. The van der Waals surface area contributed by atoms with E-state index < -0.39 is 10.0 Å². The third kappa shape index (κ3) is 5.23. The number of pyridine rings is 1. The van der Waals surface area contributed by atoms with Crippen molar-refractivity contribution in [2.75, 3.05) is 15.8 Å². The van der Waals surface area contributed by atoms with Crippen molar-refractivity contribution in [3.63, 3.8) is 0 Å². The van der Waals surface area contributed by atoms with Gasteiger partial charge in [-0.25, -0.2) is 18.4 Å². The van der Waals surface area contributed by atoms with Gasteiger partial charge in [-0.05, 0) is 42.5 Å². The van der Waals surface area contributed by atoms with E-state index in [-0.39, 0.29) is 23.0 Å². The van der Waals surface area contributed by atoms with Crippen LogP contribution in [0.2, 0.25) is 0 Å². The van der Waals surface area contributed by atoms with E-state index in [9.17, 15) is 13.2 Å². The van der Waals surface area contributed by atoms with Crippen molar-refractivity contribution >= 4 is 61.3 Å². The van der Waals surface area contributed by atoms with Crippen LogP contribution in [0.3, 0.4) is 0 Å². The van der Waals surface area contributed by atoms with Gasteiger partial charge in [0.1, 0.15) is 11.3 Å². The molecule has 0 bridgehead atoms. The Morgan fingerprint density at radius 2 is 1.77 bits per heavy atom. The van der Waals surface area contributed by atoms with Crippen molar-refractivity contribution in [3.05, 3.63) is 72.9 Å². The van der Waals surface area contributed by atoms with Gasteiger partial charge in [-0.15, -0.1) is 10.2 Å². The average molecular weight is 506 g/mol. The van der Waals surface area contributed by atoms with E-state index >= 15 is 0 Å². The molecular formula is C23H19N7O3S2. The molecule has 10 nitrogen and oxygen atoms in total. The second-order valence-electron chi connectivity index (χ2n) is 7.45. The van der Waals surface area contributed by atoms with Gasteiger partial charge in [0.15, 0.2) is 5.65 Å². The maximum atomic E-state index is 12.5. The van der Waals surface area contributed by atoms with Gasteiger partial charge in [-0.3, -0.25) is 9.52 Å². The number of nitrogens with zero attached hydrogens (tertiary/aromatic N) is 4. The highest BCUT2D eigenvalue weighted by atomic mass is 32.2. The molecule has 176 valence electrons. The fraction of sp³-hybridized carbons (Fsp3) is 0.0870. The van der Waals surface area contributed by atoms with E-state index in [0.717, 1.165) is 10.9 Å². The zero-order valence-corrected chi connectivity index (χ0v) is 19.8. The van der Waals surface area contributed by atoms with Crippen molar-refractivity contribution < 1.29 is 13.2 Å². The molecule has 0 unspecified atom stereocenters. The van der Waals surface area contributed by atoms with Crippen LogP contribution >= 0.6 is 11.8 Å². The molecule has 3 aromatic heterocycles. The molecule has 0 aliphatic carbocycles. The molecule has 0 aliphatic rings. The summed E-state index contributed by atoms with van der Waals surface area (Å²) in [5.41, 5.74) is 2.80. The molecule has 3 heterocycles. The maximum absolute atomic E-state index is 12.5. The zero-order valence-electron chi connectivity index (χ0n) is 18.2. The second-order valence-corrected chi connectivity index (χ2v) is 10.2. The Kier molecular flexibility index (Phi) is 6.29. The van der Waals surface area contributed by atoms with Gasteiger partial charge < -0.3 is 10.3 Å². The number of carbonyl (C=O) groups excluding carboxylic acids is 1. The number of sulfonamides is 1. The number of amides is 1. The number of hydrogen-bond donors (Lipinski definition) is 3. The number of para-hydroxylation sites is 1. The Hall–Kier alpha value is -4.03. The molecule has 0 saturated carbocycles. The van der Waals surface area contributed by atoms with Gasteiger partial charge >= 0.3 is 0 Å². The first-order valence-electron chi connectivity index (χ1n) is 10.6. The number of carbonyl (C=O) groups is 1. The Balaban J connectivity index is 1.15. The molecule has 0 fully saturated rings. The standard InChI is InChI=1S/C23H19N7O3S2/c31-20(12-14-34-23-27-22-21(28-29-23)17-5-1-2-6-18(17)26-22)25-15-8-10-16(11-9-15)35(32,33)30-19-7-3-4-13-24-19/h1-11,13H,12,14H2,(H,24,30)(H,25,31)(H,26,27,29). The minimum absolute atomic E-state index is 0.0636. The van der Waals surface area contributed by atoms with Gasteiger partial charge in [0.05, 0.1) is 4.90 Å². The summed E-state index contributed by atoms with van der Waals surface area (Å²) in [5.74, 6) is 0.476. The lowest BCUT2D eigenvalue weighted by Crippen LogP contribution is -2.15. The van der Waals surface area contributed by atoms with E-state index in [2.05, 4.69) is 35.2 Å². The Bertz CT molecular complexity index is 1610. The average Bonchev–Trinajstić information content (AvgIpc) is 3.22. The van der Waals surface area contributed by atoms with Crippen LogP contribution in [-0.4, -0.2) is 45.2 Å². The van der Waals surface area contributed by atoms with Crippen LogP contribution in [0.1, 0.15) is 6.42 Å². The van der Waals surface area contributed by atoms with Crippen LogP contribution in [-0.2, 0) is 14.8 Å². The number of fused-ring (bicyclic) bond motifs is 3. The van der Waals surface area contributed by atoms with Crippen LogP contribution in [0.4, 0.5) is 11.5 Å². The van der Waals surface area contributed by atoms with Crippen LogP contribution < -0.4 is 10.0 Å². The number of aromatic amines is 1. The molecule has 3 N–H and O–H groups in total. The number of aromatic nitrogens is 5. The van der Waals surface area contributed by atoms with E-state index in [1.807, 2.05) is 24.3 Å². The zero-order chi connectivity index (χ0) is 24.3. The van der Waals surface area contributed by atoms with E-state index in [1.54, 1.807) is 18.2 Å². The molecule has 5 aromatic rings. The summed E-state index contributed by atoms with van der Waals surface area (Å²) in [6.07, 6.45) is 1.72. The number of anilines is 2. The van der Waals surface area contributed by atoms with Crippen LogP contribution in [0, 0.1) is 0 Å². The first kappa shape index (κ1) is 22.7. The van der Waals surface area contributed by atoms with Gasteiger partial charge in [0, 0.05) is 35.0 Å². The normalized spacial score (nSPS) is 11.5. The molecule has 35 heavy (non-hydrogen) atoms. The minimum atomic E-state index is -3.78. The smallest absolute Gasteiger partial charge is 0.263 e. The quantitative estimate of drug-likeness (QED) is 0.270. The molecule has 5 rings (SSSR count). The van der Waals surface area contributed by atoms with Gasteiger partial charge in [-0.2, -0.15) is 0 Å². The SMILES string of the molecule is O=C(CCSc1nnc2c(n1)[nH]c1ccccc12)Nc1ccc(S(=O)(=O)Nc2ccccn2)cc1. The lowest BCUT2D eigenvalue weighted by atomic mass is 10.2. The summed E-state index contributed by atoms with van der Waals surface area (Å²) in [4.78, 5) is 24.1. The third-order valence-electron chi connectivity index (χ3n) is 5.02. The van der Waals surface area contributed by atoms with Crippen LogP contribution in [0.15, 0.2) is 83.0 Å². The molecule has 0 aliphatic heterocycles. The van der Waals surface area contributed by atoms with Crippen molar-refractivity contribution in [3.8, 4) is 0 Å². The monoisotopic (exact) mass is 505 g/mol. The van der Waals surface area contributed by atoms with Gasteiger partial charge in [0.25, 0.3) is 10.0 Å². The molecule has 12 heteroatoms. The number of nitrogens with one attached hydrogen (secondary N) is 3. The molecule has 0 spiro atoms. The summed E-state index contributed by atoms with van der Waals surface area (Å²) < 4.78 is 27.4. The number of hydrogen-bond acceptors (Lipinski definition) is 8. The molecule has 2 aromatic carbocycles. The largest absolute Gasteiger partial charge is 0.338 e. The number of benzene rings is 2. The topological polar surface area (TPSA) is 143 Å². The third-order valence-corrected chi connectivity index (χ3v) is 7.23. The molecule has 0 atom stereocenters. The van der Waals surface area contributed by atoms with Gasteiger partial charge in [-0.1, -0.05) is 36.0 Å². The fourth-order valence-corrected chi connectivity index (χ4v) is 5.10. The Labute approximate surface area is 204 Å². The van der Waals surface area contributed by atoms with Crippen LogP contribution in [0.5, 0.6) is 0 Å². The fourth-order valence-electron chi connectivity index (χ4n) is 3.36. The van der Waals surface area contributed by atoms with Gasteiger partial charge in [0.2, 0.25) is 11.1 Å². The number of rotatable bonds is 8. The lowest BCUT2D eigenvalue weighted by molar-refractivity contribution is -0.115. The summed E-state index contributed by atoms with van der Waals surface area (Å²) in [6.45, 7) is 0. The van der Waals surface area contributed by atoms with Crippen molar-refractivity contribution in [1.29, 1.82) is 0 Å². The highest BCUT2D eigenvalue weighted by Gasteiger charge is 2.15. The Morgan fingerprint density at radius 1 is 0.971 bits per heavy atom. The molecule has 1 amide bonds. The van der Waals surface area contributed by atoms with E-state index in [0.29, 0.717) is 27.8 Å². The minimum Gasteiger partial charge on any atom is -0.338 e. The molecule has 0 radical (unpaired) electrons. The molecule has 0 saturated heterocycles. The van der Waals surface area contributed by atoms with Crippen LogP contribution in [0.25, 0.3) is 22.1 Å². The first-order chi connectivity index (χ1) is 17.0. The molecular weight excluding hydrogens is 486 g/mol. The van der Waals surface area contributed by atoms with Crippen molar-refractivity contribution in [1.82, 2.24) is 25.1 Å². The maximum Gasteiger partial charge on any atom is 0.263 e. The summed E-state index contributed by atoms with van der Waals surface area (Å²) in [5, 5.41) is 12.6. The second kappa shape index (κ2) is 9.68. The van der Waals surface area contributed by atoms with Crippen molar-refractivity contribution in [2.24, 2.45) is 0 Å². The predicted octanol–water partition coefficient (Wildman–Crippen LogP) is 3.82. The summed E-state index contributed by atoms with van der Waals surface area (Å²) >= 11 is 1.33. The van der Waals surface area contributed by atoms with E-state index in [1.165, 1.54) is 42.2 Å². The number of H-pyrrole nitrogens is 1. The Morgan fingerprint density at radius 3 is 2.57 bits per heavy atom. The summed E-state index contributed by atoms with van der Waals surface area (Å²) in [6, 6.07) is 18.6. The summed E-state index contributed by atoms with van der Waals surface area (Å²) in [7, 11) is -3.78. The first-order valence-corrected chi connectivity index (χ1v) is 13.0. The van der Waals surface area contributed by atoms with E-state index in [4.69, 9.17) is 0 Å². The van der Waals surface area contributed by atoms with Crippen molar-refractivity contribution in [2.45, 2.75) is 16.5 Å². The predicted molar refractivity (Wildman–Crippen MR) is 135 cm³/mol. The highest BCUT2D eigenvalue weighted by Crippen LogP contribution is 2.23. The lowest BCUT2D eigenvalue weighted by Gasteiger charge is -2.09. The highest BCUT2D eigenvalue weighted by molar-refractivity contribution is 7.99.